The normalized spacial score (nSPS) is 12.2. The monoisotopic (exact) mass is 545 g/mol. The molecule has 3 rings (SSSR count). The van der Waals surface area contributed by atoms with Crippen molar-refractivity contribution in [1.29, 1.82) is 0 Å². The third-order valence-corrected chi connectivity index (χ3v) is 7.69. The van der Waals surface area contributed by atoms with Gasteiger partial charge in [0.15, 0.2) is 0 Å². The van der Waals surface area contributed by atoms with Crippen LogP contribution in [-0.2, 0) is 26.2 Å². The molecule has 0 radical (unpaired) electrons. The Hall–Kier alpha value is -3.43. The lowest BCUT2D eigenvalue weighted by molar-refractivity contribution is -0.139. The minimum absolute atomic E-state index is 0.0154. The van der Waals surface area contributed by atoms with E-state index in [1.807, 2.05) is 0 Å². The van der Waals surface area contributed by atoms with Gasteiger partial charge in [0, 0.05) is 12.6 Å². The largest absolute Gasteiger partial charge is 0.352 e. The molecule has 196 valence electrons. The molecule has 0 unspecified atom stereocenters. The molecule has 3 aromatic carbocycles. The molecule has 0 aliphatic carbocycles. The Morgan fingerprint density at radius 2 is 1.51 bits per heavy atom. The summed E-state index contributed by atoms with van der Waals surface area (Å²) < 4.78 is 41.7. The van der Waals surface area contributed by atoms with Gasteiger partial charge >= 0.3 is 0 Å². The van der Waals surface area contributed by atoms with Gasteiger partial charge in [0.2, 0.25) is 11.8 Å². The molecule has 1 atom stereocenters. The van der Waals surface area contributed by atoms with Crippen LogP contribution in [0.1, 0.15) is 26.3 Å². The van der Waals surface area contributed by atoms with Crippen molar-refractivity contribution in [2.45, 2.75) is 44.3 Å². The fraction of sp³-hybridized carbons (Fsp3) is 0.259. The lowest BCUT2D eigenvalue weighted by Crippen LogP contribution is -2.52. The predicted octanol–water partition coefficient (Wildman–Crippen LogP) is 4.62. The Morgan fingerprint density at radius 3 is 2.11 bits per heavy atom. The lowest BCUT2D eigenvalue weighted by atomic mass is 10.1. The number of anilines is 1. The zero-order chi connectivity index (χ0) is 27.2. The van der Waals surface area contributed by atoms with E-state index in [9.17, 15) is 22.4 Å². The smallest absolute Gasteiger partial charge is 0.264 e. The molecule has 0 aromatic heterocycles. The maximum atomic E-state index is 13.7. The van der Waals surface area contributed by atoms with Gasteiger partial charge in [-0.05, 0) is 62.7 Å². The molecule has 3 aromatic rings. The van der Waals surface area contributed by atoms with Crippen molar-refractivity contribution in [3.05, 3.63) is 95.3 Å². The first-order valence-corrected chi connectivity index (χ1v) is 13.5. The molecule has 0 aliphatic rings. The number of hydrogen-bond donors (Lipinski definition) is 1. The summed E-state index contributed by atoms with van der Waals surface area (Å²) in [6.07, 6.45) is 0. The number of carbonyl (C=O) groups is 2. The van der Waals surface area contributed by atoms with Crippen LogP contribution in [0.4, 0.5) is 10.1 Å². The van der Waals surface area contributed by atoms with Crippen LogP contribution in [0.3, 0.4) is 0 Å². The number of nitrogens with one attached hydrogen (secondary N) is 1. The Bertz CT molecular complexity index is 1340. The fourth-order valence-electron chi connectivity index (χ4n) is 3.66. The molecule has 2 amide bonds. The molecule has 1 N–H and O–H groups in total. The molecule has 0 bridgehead atoms. The number of halogens is 2. The van der Waals surface area contributed by atoms with E-state index in [0.717, 1.165) is 4.31 Å². The van der Waals surface area contributed by atoms with Gasteiger partial charge < -0.3 is 10.2 Å². The second-order valence-electron chi connectivity index (χ2n) is 8.76. The standard InChI is InChI=1S/C27H29ClFN3O4S/c1-19(2)30-27(34)20(3)31(17-21-13-15-22(29)16-14-21)26(33)18-32(25-12-8-7-11-24(25)28)37(35,36)23-9-5-4-6-10-23/h4-16,19-20H,17-18H2,1-3H3,(H,30,34)/t20-/m1/s1. The quantitative estimate of drug-likeness (QED) is 0.403. The first-order valence-electron chi connectivity index (χ1n) is 11.7. The zero-order valence-electron chi connectivity index (χ0n) is 20.8. The minimum atomic E-state index is -4.20. The molecule has 7 nitrogen and oxygen atoms in total. The van der Waals surface area contributed by atoms with Gasteiger partial charge in [-0.25, -0.2) is 12.8 Å². The number of hydrogen-bond acceptors (Lipinski definition) is 4. The van der Waals surface area contributed by atoms with E-state index in [1.165, 1.54) is 53.4 Å². The van der Waals surface area contributed by atoms with Crippen LogP contribution >= 0.6 is 11.6 Å². The van der Waals surface area contributed by atoms with E-state index >= 15 is 0 Å². The predicted molar refractivity (Wildman–Crippen MR) is 142 cm³/mol. The first-order chi connectivity index (χ1) is 17.5. The summed E-state index contributed by atoms with van der Waals surface area (Å²) in [6.45, 7) is 4.50. The summed E-state index contributed by atoms with van der Waals surface area (Å²) >= 11 is 6.36. The lowest BCUT2D eigenvalue weighted by Gasteiger charge is -2.32. The maximum absolute atomic E-state index is 13.7. The molecule has 0 saturated carbocycles. The molecule has 0 saturated heterocycles. The highest BCUT2D eigenvalue weighted by Crippen LogP contribution is 2.30. The summed E-state index contributed by atoms with van der Waals surface area (Å²) in [6, 6.07) is 18.4. The first kappa shape index (κ1) is 28.1. The number of nitrogens with zero attached hydrogens (tertiary/aromatic N) is 2. The van der Waals surface area contributed by atoms with Crippen LogP contribution < -0.4 is 9.62 Å². The van der Waals surface area contributed by atoms with Gasteiger partial charge in [0.1, 0.15) is 18.4 Å². The highest BCUT2D eigenvalue weighted by Gasteiger charge is 2.33. The molecule has 10 heteroatoms. The Morgan fingerprint density at radius 1 is 0.919 bits per heavy atom. The molecular formula is C27H29ClFN3O4S. The molecule has 0 heterocycles. The number of rotatable bonds is 10. The third kappa shape index (κ3) is 7.08. The third-order valence-electron chi connectivity index (χ3n) is 5.60. The van der Waals surface area contributed by atoms with E-state index < -0.39 is 40.2 Å². The number of benzene rings is 3. The Labute approximate surface area is 221 Å². The van der Waals surface area contributed by atoms with E-state index in [1.54, 1.807) is 51.1 Å². The summed E-state index contributed by atoms with van der Waals surface area (Å²) in [5.41, 5.74) is 0.705. The summed E-state index contributed by atoms with van der Waals surface area (Å²) in [7, 11) is -4.20. The second kappa shape index (κ2) is 12.2. The zero-order valence-corrected chi connectivity index (χ0v) is 22.3. The van der Waals surface area contributed by atoms with E-state index in [4.69, 9.17) is 11.6 Å². The Balaban J connectivity index is 2.02. The summed E-state index contributed by atoms with van der Waals surface area (Å²) in [4.78, 5) is 27.9. The van der Waals surface area contributed by atoms with Crippen molar-refractivity contribution in [1.82, 2.24) is 10.2 Å². The van der Waals surface area contributed by atoms with Gasteiger partial charge in [0.25, 0.3) is 10.0 Å². The van der Waals surface area contributed by atoms with Crippen molar-refractivity contribution < 1.29 is 22.4 Å². The van der Waals surface area contributed by atoms with Crippen molar-refractivity contribution in [3.8, 4) is 0 Å². The molecule has 0 spiro atoms. The average molecular weight is 546 g/mol. The van der Waals surface area contributed by atoms with Gasteiger partial charge in [0.05, 0.1) is 15.6 Å². The topological polar surface area (TPSA) is 86.8 Å². The summed E-state index contributed by atoms with van der Waals surface area (Å²) in [5, 5.41) is 2.92. The highest BCUT2D eigenvalue weighted by atomic mass is 35.5. The van der Waals surface area contributed by atoms with Crippen LogP contribution in [0.2, 0.25) is 5.02 Å². The van der Waals surface area contributed by atoms with Crippen LogP contribution in [-0.4, -0.2) is 43.8 Å². The van der Waals surface area contributed by atoms with Gasteiger partial charge in [-0.15, -0.1) is 0 Å². The SMILES string of the molecule is CC(C)NC(=O)[C@@H](C)N(Cc1ccc(F)cc1)C(=O)CN(c1ccccc1Cl)S(=O)(=O)c1ccccc1. The van der Waals surface area contributed by atoms with Crippen LogP contribution in [0.5, 0.6) is 0 Å². The number of amides is 2. The van der Waals surface area contributed by atoms with Gasteiger partial charge in [-0.1, -0.05) is 54.1 Å². The number of para-hydroxylation sites is 1. The van der Waals surface area contributed by atoms with E-state index in [-0.39, 0.29) is 28.2 Å². The van der Waals surface area contributed by atoms with Crippen LogP contribution in [0.15, 0.2) is 83.8 Å². The number of sulfonamides is 1. The van der Waals surface area contributed by atoms with E-state index in [2.05, 4.69) is 5.32 Å². The van der Waals surface area contributed by atoms with Gasteiger partial charge in [-0.3, -0.25) is 13.9 Å². The van der Waals surface area contributed by atoms with E-state index in [0.29, 0.717) is 5.56 Å². The second-order valence-corrected chi connectivity index (χ2v) is 11.0. The van der Waals surface area contributed by atoms with Gasteiger partial charge in [-0.2, -0.15) is 0 Å². The van der Waals surface area contributed by atoms with Crippen LogP contribution in [0.25, 0.3) is 0 Å². The summed E-state index contributed by atoms with van der Waals surface area (Å²) in [5.74, 6) is -1.47. The van der Waals surface area contributed by atoms with Crippen molar-refractivity contribution in [2.24, 2.45) is 0 Å². The average Bonchev–Trinajstić information content (AvgIpc) is 2.87. The van der Waals surface area contributed by atoms with Crippen molar-refractivity contribution in [2.75, 3.05) is 10.8 Å². The minimum Gasteiger partial charge on any atom is -0.352 e. The molecule has 37 heavy (non-hydrogen) atoms. The van der Waals surface area contributed by atoms with Crippen molar-refractivity contribution in [3.63, 3.8) is 0 Å². The molecule has 0 aliphatic heterocycles. The molecule has 0 fully saturated rings. The van der Waals surface area contributed by atoms with Crippen LogP contribution in [0, 0.1) is 5.82 Å². The maximum Gasteiger partial charge on any atom is 0.264 e. The molecular weight excluding hydrogens is 517 g/mol. The Kier molecular flexibility index (Phi) is 9.29. The highest BCUT2D eigenvalue weighted by molar-refractivity contribution is 7.92. The van der Waals surface area contributed by atoms with Crippen molar-refractivity contribution >= 4 is 39.1 Å². The fourth-order valence-corrected chi connectivity index (χ4v) is 5.40. The number of carbonyl (C=O) groups excluding carboxylic acids is 2.